The maximum atomic E-state index is 11.7. The number of hydrogen-bond donors (Lipinski definition) is 4. The molecule has 19 heavy (non-hydrogen) atoms. The van der Waals surface area contributed by atoms with Gasteiger partial charge in [-0.15, -0.1) is 0 Å². The number of benzene rings is 1. The summed E-state index contributed by atoms with van der Waals surface area (Å²) < 4.78 is 0.756. The van der Waals surface area contributed by atoms with Gasteiger partial charge in [-0.2, -0.15) is 4.98 Å². The van der Waals surface area contributed by atoms with E-state index in [0.717, 1.165) is 10.0 Å². The van der Waals surface area contributed by atoms with Crippen LogP contribution in [0.5, 0.6) is 0 Å². The lowest BCUT2D eigenvalue weighted by atomic mass is 10.2. The fourth-order valence-corrected chi connectivity index (χ4v) is 2.11. The predicted octanol–water partition coefficient (Wildman–Crippen LogP) is 1.24. The fourth-order valence-electron chi connectivity index (χ4n) is 1.74. The minimum absolute atomic E-state index is 0.0361. The van der Waals surface area contributed by atoms with E-state index in [9.17, 15) is 4.79 Å². The molecule has 0 bridgehead atoms. The zero-order valence-corrected chi connectivity index (χ0v) is 11.2. The highest BCUT2D eigenvalue weighted by Gasteiger charge is 2.10. The normalized spacial score (nSPS) is 11.0. The van der Waals surface area contributed by atoms with Crippen LogP contribution in [0.2, 0.25) is 0 Å². The number of fused-ring (bicyclic) bond motifs is 1. The third-order valence-corrected chi connectivity index (χ3v) is 3.34. The van der Waals surface area contributed by atoms with Gasteiger partial charge in [0.05, 0.1) is 0 Å². The Morgan fingerprint density at radius 2 is 1.95 bits per heavy atom. The Morgan fingerprint density at radius 1 is 1.16 bits per heavy atom. The van der Waals surface area contributed by atoms with Gasteiger partial charge in [-0.1, -0.05) is 0 Å². The minimum atomic E-state index is -0.351. The molecular weight excluding hydrogens is 312 g/mol. The van der Waals surface area contributed by atoms with Crippen LogP contribution in [0, 0.1) is 0 Å². The second-order valence-corrected chi connectivity index (χ2v) is 4.83. The number of nitrogens with two attached hydrogens (primary N) is 2. The summed E-state index contributed by atoms with van der Waals surface area (Å²) in [5.74, 6) is 0.563. The van der Waals surface area contributed by atoms with Gasteiger partial charge in [0.15, 0.2) is 11.2 Å². The number of H-pyrrole nitrogens is 2. The predicted molar refractivity (Wildman–Crippen MR) is 76.5 cm³/mol. The van der Waals surface area contributed by atoms with Crippen molar-refractivity contribution in [3.63, 3.8) is 0 Å². The van der Waals surface area contributed by atoms with Gasteiger partial charge in [-0.3, -0.25) is 9.78 Å². The molecule has 0 unspecified atom stereocenters. The van der Waals surface area contributed by atoms with Crippen molar-refractivity contribution in [2.75, 3.05) is 11.5 Å². The van der Waals surface area contributed by atoms with Crippen LogP contribution >= 0.6 is 15.9 Å². The number of nitrogen functional groups attached to an aromatic ring is 2. The number of halogens is 1. The summed E-state index contributed by atoms with van der Waals surface area (Å²) in [5, 5.41) is 0. The monoisotopic (exact) mass is 320 g/mol. The first-order chi connectivity index (χ1) is 9.04. The molecule has 0 aliphatic carbocycles. The number of nitrogens with one attached hydrogen (secondary N) is 2. The van der Waals surface area contributed by atoms with Gasteiger partial charge in [0.25, 0.3) is 5.56 Å². The average molecular weight is 321 g/mol. The lowest BCUT2D eigenvalue weighted by Gasteiger charge is -2.00. The fraction of sp³-hybridized carbons (Fsp3) is 0. The summed E-state index contributed by atoms with van der Waals surface area (Å²) in [6, 6.07) is 5.36. The third kappa shape index (κ3) is 1.95. The topological polar surface area (TPSA) is 126 Å². The number of hydrogen-bond acceptors (Lipinski definition) is 5. The van der Waals surface area contributed by atoms with Gasteiger partial charge >= 0.3 is 0 Å². The van der Waals surface area contributed by atoms with E-state index in [1.807, 2.05) is 6.07 Å². The number of anilines is 2. The molecule has 96 valence electrons. The molecule has 1 aromatic carbocycles. The molecular formula is C11H9BrN6O. The molecule has 0 saturated heterocycles. The third-order valence-electron chi connectivity index (χ3n) is 2.65. The number of aromatic nitrogens is 4. The molecule has 6 N–H and O–H groups in total. The maximum absolute atomic E-state index is 11.7. The van der Waals surface area contributed by atoms with Crippen LogP contribution in [0.3, 0.4) is 0 Å². The Balaban J connectivity index is 2.23. The van der Waals surface area contributed by atoms with Crippen molar-refractivity contribution in [3.05, 3.63) is 33.0 Å². The number of rotatable bonds is 1. The Morgan fingerprint density at radius 3 is 2.68 bits per heavy atom. The number of nitrogens with zero attached hydrogens (tertiary/aromatic N) is 2. The molecule has 8 heteroatoms. The molecule has 0 aliphatic rings. The lowest BCUT2D eigenvalue weighted by molar-refractivity contribution is 1.17. The summed E-state index contributed by atoms with van der Waals surface area (Å²) in [4.78, 5) is 25.2. The molecule has 0 aliphatic heterocycles. The molecule has 3 aromatic rings. The van der Waals surface area contributed by atoms with Gasteiger partial charge in [0.2, 0.25) is 5.95 Å². The van der Waals surface area contributed by atoms with E-state index in [4.69, 9.17) is 11.5 Å². The second-order valence-electron chi connectivity index (χ2n) is 3.97. The molecule has 2 heterocycles. The molecule has 3 rings (SSSR count). The van der Waals surface area contributed by atoms with Gasteiger partial charge in [0, 0.05) is 15.7 Å². The van der Waals surface area contributed by atoms with E-state index in [-0.39, 0.29) is 22.7 Å². The highest BCUT2D eigenvalue weighted by atomic mass is 79.9. The van der Waals surface area contributed by atoms with Crippen LogP contribution in [-0.4, -0.2) is 19.9 Å². The Kier molecular flexibility index (Phi) is 2.53. The summed E-state index contributed by atoms with van der Waals surface area (Å²) in [7, 11) is 0. The summed E-state index contributed by atoms with van der Waals surface area (Å²) in [6.07, 6.45) is 0. The smallest absolute Gasteiger partial charge is 0.278 e. The minimum Gasteiger partial charge on any atom is -0.398 e. The Hall–Kier alpha value is -2.35. The SMILES string of the molecule is Nc1nc2nc(-c3ccc(N)c(Br)c3)[nH]c2c(=O)[nH]1. The maximum Gasteiger partial charge on any atom is 0.278 e. The zero-order valence-electron chi connectivity index (χ0n) is 9.57. The molecule has 0 radical (unpaired) electrons. The van der Waals surface area contributed by atoms with Crippen molar-refractivity contribution in [2.24, 2.45) is 0 Å². The molecule has 0 saturated carbocycles. The van der Waals surface area contributed by atoms with E-state index < -0.39 is 0 Å². The van der Waals surface area contributed by atoms with E-state index in [1.165, 1.54) is 0 Å². The van der Waals surface area contributed by atoms with E-state index in [1.54, 1.807) is 12.1 Å². The molecule has 2 aromatic heterocycles. The molecule has 7 nitrogen and oxygen atoms in total. The molecule has 0 spiro atoms. The first kappa shape index (κ1) is 11.7. The summed E-state index contributed by atoms with van der Waals surface area (Å²) >= 11 is 3.34. The van der Waals surface area contributed by atoms with E-state index in [0.29, 0.717) is 11.5 Å². The van der Waals surface area contributed by atoms with Crippen LogP contribution in [0.25, 0.3) is 22.6 Å². The molecule has 0 amide bonds. The highest BCUT2D eigenvalue weighted by Crippen LogP contribution is 2.26. The van der Waals surface area contributed by atoms with Crippen molar-refractivity contribution in [1.29, 1.82) is 0 Å². The summed E-state index contributed by atoms with van der Waals surface area (Å²) in [5.41, 5.74) is 12.8. The van der Waals surface area contributed by atoms with Gasteiger partial charge < -0.3 is 16.5 Å². The first-order valence-corrected chi connectivity index (χ1v) is 6.15. The van der Waals surface area contributed by atoms with Gasteiger partial charge in [-0.05, 0) is 34.1 Å². The lowest BCUT2D eigenvalue weighted by Crippen LogP contribution is -2.10. The van der Waals surface area contributed by atoms with Crippen LogP contribution in [-0.2, 0) is 0 Å². The molecule has 0 atom stereocenters. The number of imidazole rings is 1. The van der Waals surface area contributed by atoms with Crippen LogP contribution < -0.4 is 17.0 Å². The van der Waals surface area contributed by atoms with Crippen molar-refractivity contribution in [2.45, 2.75) is 0 Å². The van der Waals surface area contributed by atoms with Gasteiger partial charge in [0.1, 0.15) is 5.82 Å². The Labute approximate surface area is 115 Å². The average Bonchev–Trinajstić information content (AvgIpc) is 2.76. The quantitative estimate of drug-likeness (QED) is 0.502. The standard InChI is InChI=1S/C11H9BrN6O/c12-5-3-4(1-2-6(5)13)8-15-7-9(16-8)17-11(14)18-10(7)19/h1-3H,13H2,(H4,14,15,16,17,18,19). The molecule has 0 fully saturated rings. The van der Waals surface area contributed by atoms with Crippen molar-refractivity contribution < 1.29 is 0 Å². The Bertz CT molecular complexity index is 837. The highest BCUT2D eigenvalue weighted by molar-refractivity contribution is 9.10. The van der Waals surface area contributed by atoms with Crippen molar-refractivity contribution in [3.8, 4) is 11.4 Å². The largest absolute Gasteiger partial charge is 0.398 e. The number of aromatic amines is 2. The van der Waals surface area contributed by atoms with E-state index >= 15 is 0 Å². The van der Waals surface area contributed by atoms with E-state index in [2.05, 4.69) is 35.9 Å². The first-order valence-electron chi connectivity index (χ1n) is 5.35. The second kappa shape index (κ2) is 4.09. The van der Waals surface area contributed by atoms with Crippen molar-refractivity contribution in [1.82, 2.24) is 19.9 Å². The van der Waals surface area contributed by atoms with Crippen LogP contribution in [0.15, 0.2) is 27.5 Å². The van der Waals surface area contributed by atoms with Gasteiger partial charge in [-0.25, -0.2) is 4.98 Å². The van der Waals surface area contributed by atoms with Crippen molar-refractivity contribution >= 4 is 38.7 Å². The summed E-state index contributed by atoms with van der Waals surface area (Å²) in [6.45, 7) is 0. The van der Waals surface area contributed by atoms with Crippen LogP contribution in [0.4, 0.5) is 11.6 Å². The van der Waals surface area contributed by atoms with Crippen LogP contribution in [0.1, 0.15) is 0 Å². The zero-order chi connectivity index (χ0) is 13.6.